The molecule has 0 aliphatic rings. The maximum Gasteiger partial charge on any atom is 0.254 e. The zero-order valence-corrected chi connectivity index (χ0v) is 10.4. The summed E-state index contributed by atoms with van der Waals surface area (Å²) in [5, 5.41) is 18.2. The highest BCUT2D eigenvalue weighted by atomic mass is 35.5. The van der Waals surface area contributed by atoms with Crippen molar-refractivity contribution in [3.8, 4) is 6.07 Å². The van der Waals surface area contributed by atoms with Gasteiger partial charge in [-0.3, -0.25) is 4.79 Å². The van der Waals surface area contributed by atoms with E-state index in [1.807, 2.05) is 6.07 Å². The molecule has 1 rings (SSSR count). The normalized spacial score (nSPS) is 9.71. The quantitative estimate of drug-likeness (QED) is 0.834. The van der Waals surface area contributed by atoms with Crippen LogP contribution in [0, 0.1) is 11.3 Å². The molecule has 0 unspecified atom stereocenters. The highest BCUT2D eigenvalue weighted by Gasteiger charge is 2.12. The third-order valence-electron chi connectivity index (χ3n) is 1.96. The molecule has 0 fully saturated rings. The molecule has 0 atom stereocenters. The molecule has 90 valence electrons. The van der Waals surface area contributed by atoms with Gasteiger partial charge in [-0.1, -0.05) is 23.2 Å². The molecule has 0 spiro atoms. The second-order valence-electron chi connectivity index (χ2n) is 3.24. The maximum absolute atomic E-state index is 11.7. The Hall–Kier alpha value is -1.38. The summed E-state index contributed by atoms with van der Waals surface area (Å²) >= 11 is 11.3. The van der Waals surface area contributed by atoms with Gasteiger partial charge in [-0.25, -0.2) is 0 Å². The van der Waals surface area contributed by atoms with Crippen LogP contribution >= 0.6 is 23.2 Å². The lowest BCUT2D eigenvalue weighted by Gasteiger charge is -2.05. The molecule has 0 bridgehead atoms. The van der Waals surface area contributed by atoms with Crippen LogP contribution in [-0.4, -0.2) is 22.6 Å². The number of carbonyl (C=O) groups excluding carboxylic acids is 1. The number of hydrogen-bond acceptors (Lipinski definition) is 4. The molecule has 0 saturated heterocycles. The number of aromatic nitrogens is 2. The summed E-state index contributed by atoms with van der Waals surface area (Å²) in [5.41, 5.74) is 0.201. The summed E-state index contributed by atoms with van der Waals surface area (Å²) < 4.78 is 0. The minimum Gasteiger partial charge on any atom is -0.352 e. The molecule has 1 heterocycles. The molecule has 7 heteroatoms. The smallest absolute Gasteiger partial charge is 0.254 e. The third kappa shape index (κ3) is 4.55. The fraction of sp³-hybridized carbons (Fsp3) is 0.400. The molecular weight excluding hydrogens is 263 g/mol. The predicted octanol–water partition coefficient (Wildman–Crippen LogP) is 2.21. The van der Waals surface area contributed by atoms with Crippen LogP contribution in [0.5, 0.6) is 0 Å². The predicted molar refractivity (Wildman–Crippen MR) is 63.8 cm³/mol. The van der Waals surface area contributed by atoms with E-state index in [9.17, 15) is 4.79 Å². The minimum atomic E-state index is -0.344. The van der Waals surface area contributed by atoms with Crippen molar-refractivity contribution in [2.75, 3.05) is 6.54 Å². The van der Waals surface area contributed by atoms with E-state index in [4.69, 9.17) is 28.5 Å². The van der Waals surface area contributed by atoms with E-state index in [0.29, 0.717) is 13.0 Å². The van der Waals surface area contributed by atoms with Crippen LogP contribution < -0.4 is 5.32 Å². The van der Waals surface area contributed by atoms with Gasteiger partial charge in [0.05, 0.1) is 11.6 Å². The lowest BCUT2D eigenvalue weighted by molar-refractivity contribution is 0.0952. The lowest BCUT2D eigenvalue weighted by atomic mass is 10.2. The van der Waals surface area contributed by atoms with Gasteiger partial charge in [-0.2, -0.15) is 5.26 Å². The summed E-state index contributed by atoms with van der Waals surface area (Å²) in [6, 6.07) is 3.40. The molecule has 5 nitrogen and oxygen atoms in total. The fourth-order valence-corrected chi connectivity index (χ4v) is 1.46. The molecule has 0 saturated carbocycles. The molecule has 0 radical (unpaired) electrons. The topological polar surface area (TPSA) is 78.7 Å². The summed E-state index contributed by atoms with van der Waals surface area (Å²) in [6.07, 6.45) is 1.97. The number of rotatable bonds is 5. The molecule has 1 aromatic heterocycles. The first kappa shape index (κ1) is 13.7. The molecule has 0 aliphatic heterocycles. The van der Waals surface area contributed by atoms with Crippen LogP contribution in [0.25, 0.3) is 0 Å². The first-order valence-corrected chi connectivity index (χ1v) is 5.74. The summed E-state index contributed by atoms with van der Waals surface area (Å²) in [5.74, 6) is -0.344. The van der Waals surface area contributed by atoms with E-state index in [-0.39, 0.29) is 21.8 Å². The van der Waals surface area contributed by atoms with Gasteiger partial charge in [-0.15, -0.1) is 10.2 Å². The van der Waals surface area contributed by atoms with Gasteiger partial charge in [0.25, 0.3) is 5.91 Å². The van der Waals surface area contributed by atoms with Crippen molar-refractivity contribution in [1.82, 2.24) is 15.5 Å². The highest BCUT2D eigenvalue weighted by molar-refractivity contribution is 6.34. The van der Waals surface area contributed by atoms with Crippen molar-refractivity contribution in [3.63, 3.8) is 0 Å². The Morgan fingerprint density at radius 2 is 2.18 bits per heavy atom. The fourth-order valence-electron chi connectivity index (χ4n) is 1.14. The van der Waals surface area contributed by atoms with Crippen molar-refractivity contribution in [1.29, 1.82) is 5.26 Å². The zero-order valence-electron chi connectivity index (χ0n) is 8.91. The van der Waals surface area contributed by atoms with E-state index in [2.05, 4.69) is 15.5 Å². The lowest BCUT2D eigenvalue weighted by Crippen LogP contribution is -2.25. The van der Waals surface area contributed by atoms with Gasteiger partial charge in [0, 0.05) is 13.0 Å². The van der Waals surface area contributed by atoms with Crippen LogP contribution in [0.2, 0.25) is 10.3 Å². The molecule has 0 aliphatic carbocycles. The number of amides is 1. The molecule has 17 heavy (non-hydrogen) atoms. The van der Waals surface area contributed by atoms with Gasteiger partial charge in [0.2, 0.25) is 0 Å². The van der Waals surface area contributed by atoms with E-state index in [1.165, 1.54) is 6.07 Å². The van der Waals surface area contributed by atoms with Crippen molar-refractivity contribution in [2.24, 2.45) is 0 Å². The Labute approximate surface area is 109 Å². The molecule has 1 amide bonds. The van der Waals surface area contributed by atoms with Crippen molar-refractivity contribution >= 4 is 29.1 Å². The van der Waals surface area contributed by atoms with Crippen molar-refractivity contribution in [3.05, 3.63) is 21.9 Å². The zero-order chi connectivity index (χ0) is 12.7. The summed E-state index contributed by atoms with van der Waals surface area (Å²) in [7, 11) is 0. The van der Waals surface area contributed by atoms with Crippen molar-refractivity contribution in [2.45, 2.75) is 19.3 Å². The minimum absolute atomic E-state index is 0.0175. The van der Waals surface area contributed by atoms with Gasteiger partial charge < -0.3 is 5.32 Å². The first-order valence-electron chi connectivity index (χ1n) is 4.99. The summed E-state index contributed by atoms with van der Waals surface area (Å²) in [4.78, 5) is 11.7. The van der Waals surface area contributed by atoms with Gasteiger partial charge >= 0.3 is 0 Å². The molecule has 0 aromatic carbocycles. The number of halogens is 2. The van der Waals surface area contributed by atoms with E-state index in [1.54, 1.807) is 0 Å². The number of hydrogen-bond donors (Lipinski definition) is 1. The molecular formula is C10H10Cl2N4O. The van der Waals surface area contributed by atoms with Crippen LogP contribution in [0.1, 0.15) is 29.6 Å². The van der Waals surface area contributed by atoms with Crippen LogP contribution in [0.4, 0.5) is 0 Å². The Morgan fingerprint density at radius 3 is 2.88 bits per heavy atom. The van der Waals surface area contributed by atoms with Crippen LogP contribution in [0.3, 0.4) is 0 Å². The Balaban J connectivity index is 2.47. The van der Waals surface area contributed by atoms with E-state index >= 15 is 0 Å². The standard InChI is InChI=1S/C10H10Cl2N4O/c11-8-6-7(9(12)16-15-8)10(17)14-5-3-1-2-4-13/h6H,1-3,5H2,(H,14,17). The maximum atomic E-state index is 11.7. The molecule has 1 N–H and O–H groups in total. The summed E-state index contributed by atoms with van der Waals surface area (Å²) in [6.45, 7) is 0.483. The Morgan fingerprint density at radius 1 is 1.41 bits per heavy atom. The molecule has 1 aromatic rings. The van der Waals surface area contributed by atoms with Crippen LogP contribution in [0.15, 0.2) is 6.07 Å². The second-order valence-corrected chi connectivity index (χ2v) is 3.99. The average Bonchev–Trinajstić information content (AvgIpc) is 2.32. The van der Waals surface area contributed by atoms with Gasteiger partial charge in [0.1, 0.15) is 0 Å². The number of nitrogens with one attached hydrogen (secondary N) is 1. The number of nitriles is 1. The van der Waals surface area contributed by atoms with Crippen molar-refractivity contribution < 1.29 is 4.79 Å². The SMILES string of the molecule is N#CCCCCNC(=O)c1cc(Cl)nnc1Cl. The number of nitrogens with zero attached hydrogens (tertiary/aromatic N) is 3. The second kappa shape index (κ2) is 7.05. The Kier molecular flexibility index (Phi) is 5.67. The third-order valence-corrected chi connectivity index (χ3v) is 2.43. The number of unbranched alkanes of at least 4 members (excludes halogenated alkanes) is 2. The Bertz CT molecular complexity index is 444. The monoisotopic (exact) mass is 272 g/mol. The van der Waals surface area contributed by atoms with Gasteiger partial charge in [-0.05, 0) is 18.9 Å². The van der Waals surface area contributed by atoms with E-state index in [0.717, 1.165) is 12.8 Å². The average molecular weight is 273 g/mol. The number of carbonyl (C=O) groups is 1. The van der Waals surface area contributed by atoms with E-state index < -0.39 is 0 Å². The first-order chi connectivity index (χ1) is 8.15. The largest absolute Gasteiger partial charge is 0.352 e. The van der Waals surface area contributed by atoms with Crippen LogP contribution in [-0.2, 0) is 0 Å². The van der Waals surface area contributed by atoms with Gasteiger partial charge in [0.15, 0.2) is 10.3 Å². The highest BCUT2D eigenvalue weighted by Crippen LogP contribution is 2.14.